The number of carbonyl (C=O) groups excluding carboxylic acids is 1. The Morgan fingerprint density at radius 3 is 2.63 bits per heavy atom. The van der Waals surface area contributed by atoms with Gasteiger partial charge < -0.3 is 25.4 Å². The maximum atomic E-state index is 13.1. The number of rotatable bonds is 6. The van der Waals surface area contributed by atoms with Crippen molar-refractivity contribution >= 4 is 23.3 Å². The SMILES string of the molecule is COc1ccc(C[C@@]23CCN[C@H]2C[C@H](NC(=O)Nc2ccc(Cl)c(C(F)(F)F)c2)CC3)cc1OC. The summed E-state index contributed by atoms with van der Waals surface area (Å²) in [4.78, 5) is 12.5. The van der Waals surface area contributed by atoms with Gasteiger partial charge >= 0.3 is 12.2 Å². The third-order valence-electron chi connectivity index (χ3n) is 7.13. The minimum Gasteiger partial charge on any atom is -0.493 e. The smallest absolute Gasteiger partial charge is 0.417 e. The van der Waals surface area contributed by atoms with Crippen molar-refractivity contribution in [3.8, 4) is 11.5 Å². The van der Waals surface area contributed by atoms with Crippen LogP contribution in [0.3, 0.4) is 0 Å². The van der Waals surface area contributed by atoms with Crippen LogP contribution in [0.5, 0.6) is 11.5 Å². The minimum absolute atomic E-state index is 0.0387. The highest BCUT2D eigenvalue weighted by atomic mass is 35.5. The number of ether oxygens (including phenoxy) is 2. The number of methoxy groups -OCH3 is 2. The molecule has 3 atom stereocenters. The summed E-state index contributed by atoms with van der Waals surface area (Å²) in [7, 11) is 3.23. The van der Waals surface area contributed by atoms with Gasteiger partial charge in [-0.2, -0.15) is 13.2 Å². The number of amides is 2. The lowest BCUT2D eigenvalue weighted by atomic mass is 9.66. The van der Waals surface area contributed by atoms with Gasteiger partial charge in [-0.25, -0.2) is 4.79 Å². The van der Waals surface area contributed by atoms with E-state index < -0.39 is 22.8 Å². The van der Waals surface area contributed by atoms with Gasteiger partial charge in [-0.1, -0.05) is 17.7 Å². The zero-order chi connectivity index (χ0) is 25.2. The van der Waals surface area contributed by atoms with Crippen molar-refractivity contribution in [1.29, 1.82) is 0 Å². The molecule has 1 saturated heterocycles. The lowest BCUT2D eigenvalue weighted by Gasteiger charge is -2.42. The third-order valence-corrected chi connectivity index (χ3v) is 7.46. The van der Waals surface area contributed by atoms with Crippen LogP contribution in [0.4, 0.5) is 23.7 Å². The highest BCUT2D eigenvalue weighted by Gasteiger charge is 2.46. The van der Waals surface area contributed by atoms with Gasteiger partial charge in [0.25, 0.3) is 0 Å². The Hall–Kier alpha value is -2.65. The molecule has 0 aromatic heterocycles. The molecule has 2 fully saturated rings. The molecule has 6 nitrogen and oxygen atoms in total. The van der Waals surface area contributed by atoms with Crippen molar-refractivity contribution in [3.05, 3.63) is 52.5 Å². The first-order chi connectivity index (χ1) is 16.6. The number of nitrogens with one attached hydrogen (secondary N) is 3. The first-order valence-electron chi connectivity index (χ1n) is 11.5. The summed E-state index contributed by atoms with van der Waals surface area (Å²) in [6, 6.07) is 8.93. The van der Waals surface area contributed by atoms with Gasteiger partial charge in [0.15, 0.2) is 11.5 Å². The van der Waals surface area contributed by atoms with Gasteiger partial charge in [0.2, 0.25) is 0 Å². The summed E-state index contributed by atoms with van der Waals surface area (Å²) in [5, 5.41) is 8.61. The van der Waals surface area contributed by atoms with Gasteiger partial charge in [0, 0.05) is 17.8 Å². The van der Waals surface area contributed by atoms with Gasteiger partial charge in [0.1, 0.15) is 0 Å². The number of urea groups is 1. The zero-order valence-corrected chi connectivity index (χ0v) is 20.4. The molecule has 2 aromatic rings. The minimum atomic E-state index is -4.60. The maximum Gasteiger partial charge on any atom is 0.417 e. The highest BCUT2D eigenvalue weighted by molar-refractivity contribution is 6.31. The number of benzene rings is 2. The monoisotopic (exact) mass is 511 g/mol. The number of alkyl halides is 3. The predicted octanol–water partition coefficient (Wildman–Crippen LogP) is 5.64. The summed E-state index contributed by atoms with van der Waals surface area (Å²) in [6.45, 7) is 0.905. The summed E-state index contributed by atoms with van der Waals surface area (Å²) < 4.78 is 50.1. The second kappa shape index (κ2) is 10.1. The number of anilines is 1. The molecule has 190 valence electrons. The first kappa shape index (κ1) is 25.4. The van der Waals surface area contributed by atoms with Gasteiger partial charge in [-0.3, -0.25) is 0 Å². The highest BCUT2D eigenvalue weighted by Crippen LogP contribution is 2.46. The number of fused-ring (bicyclic) bond motifs is 1. The zero-order valence-electron chi connectivity index (χ0n) is 19.6. The Morgan fingerprint density at radius 1 is 1.14 bits per heavy atom. The summed E-state index contributed by atoms with van der Waals surface area (Å²) in [6.07, 6.45) is -0.226. The molecule has 1 heterocycles. The molecule has 2 aromatic carbocycles. The Kier molecular flexibility index (Phi) is 7.38. The largest absolute Gasteiger partial charge is 0.493 e. The van der Waals surface area contributed by atoms with Crippen molar-refractivity contribution in [3.63, 3.8) is 0 Å². The topological polar surface area (TPSA) is 71.6 Å². The lowest BCUT2D eigenvalue weighted by molar-refractivity contribution is -0.137. The molecule has 0 unspecified atom stereocenters. The average molecular weight is 512 g/mol. The van der Waals surface area contributed by atoms with E-state index in [2.05, 4.69) is 22.0 Å². The Labute approximate surface area is 207 Å². The Bertz CT molecular complexity index is 1080. The molecule has 4 rings (SSSR count). The molecule has 0 bridgehead atoms. The molecule has 10 heteroatoms. The lowest BCUT2D eigenvalue weighted by Crippen LogP contribution is -2.50. The number of halogens is 4. The van der Waals surface area contributed by atoms with Crippen LogP contribution in [0, 0.1) is 5.41 Å². The molecular formula is C25H29ClF3N3O3. The van der Waals surface area contributed by atoms with Crippen LogP contribution in [0.15, 0.2) is 36.4 Å². The quantitative estimate of drug-likeness (QED) is 0.469. The summed E-state index contributed by atoms with van der Waals surface area (Å²) in [5.74, 6) is 1.39. The molecule has 1 aliphatic heterocycles. The van der Waals surface area contributed by atoms with Crippen LogP contribution < -0.4 is 25.4 Å². The molecule has 1 aliphatic carbocycles. The molecule has 0 spiro atoms. The van der Waals surface area contributed by atoms with E-state index in [1.54, 1.807) is 14.2 Å². The molecule has 35 heavy (non-hydrogen) atoms. The maximum absolute atomic E-state index is 13.1. The standard InChI is InChI=1S/C25H29ClF3N3O3/c1-34-20-6-3-15(11-21(20)35-2)14-24-8-7-17(13-22(24)30-10-9-24)32-23(33)31-16-4-5-19(26)18(12-16)25(27,28)29/h3-6,11-12,17,22,30H,7-10,13-14H2,1-2H3,(H2,31,32,33)/t17-,22+,24-/m1/s1. The van der Waals surface area contributed by atoms with Crippen LogP contribution in [-0.2, 0) is 12.6 Å². The van der Waals surface area contributed by atoms with Crippen LogP contribution in [0.1, 0.15) is 36.8 Å². The van der Waals surface area contributed by atoms with E-state index in [1.807, 2.05) is 12.1 Å². The molecule has 2 aliphatic rings. The van der Waals surface area contributed by atoms with Crippen molar-refractivity contribution < 1.29 is 27.4 Å². The normalized spacial score (nSPS) is 23.9. The van der Waals surface area contributed by atoms with Crippen LogP contribution in [-0.4, -0.2) is 38.9 Å². The van der Waals surface area contributed by atoms with E-state index in [-0.39, 0.29) is 23.2 Å². The Morgan fingerprint density at radius 2 is 1.91 bits per heavy atom. The van der Waals surface area contributed by atoms with E-state index in [9.17, 15) is 18.0 Å². The molecule has 1 saturated carbocycles. The van der Waals surface area contributed by atoms with Gasteiger partial charge in [-0.15, -0.1) is 0 Å². The summed E-state index contributed by atoms with van der Waals surface area (Å²) in [5.41, 5.74) is 0.303. The molecular weight excluding hydrogens is 483 g/mol. The van der Waals surface area contributed by atoms with Crippen LogP contribution >= 0.6 is 11.6 Å². The fourth-order valence-electron chi connectivity index (χ4n) is 5.38. The summed E-state index contributed by atoms with van der Waals surface area (Å²) >= 11 is 5.66. The van der Waals surface area contributed by atoms with E-state index in [1.165, 1.54) is 11.6 Å². The second-order valence-electron chi connectivity index (χ2n) is 9.25. The molecule has 0 radical (unpaired) electrons. The van der Waals surface area contributed by atoms with Crippen molar-refractivity contribution in [1.82, 2.24) is 10.6 Å². The van der Waals surface area contributed by atoms with Crippen molar-refractivity contribution in [2.75, 3.05) is 26.1 Å². The number of hydrogen-bond acceptors (Lipinski definition) is 4. The fraction of sp³-hybridized carbons (Fsp3) is 0.480. The molecule has 2 amide bonds. The first-order valence-corrected chi connectivity index (χ1v) is 11.9. The van der Waals surface area contributed by atoms with E-state index >= 15 is 0 Å². The molecule has 3 N–H and O–H groups in total. The predicted molar refractivity (Wildman–Crippen MR) is 128 cm³/mol. The van der Waals surface area contributed by atoms with E-state index in [0.717, 1.165) is 50.8 Å². The van der Waals surface area contributed by atoms with E-state index in [4.69, 9.17) is 21.1 Å². The Balaban J connectivity index is 1.38. The second-order valence-corrected chi connectivity index (χ2v) is 9.65. The third kappa shape index (κ3) is 5.62. The van der Waals surface area contributed by atoms with Gasteiger partial charge in [0.05, 0.1) is 24.8 Å². The fourth-order valence-corrected chi connectivity index (χ4v) is 5.61. The number of hydrogen-bond donors (Lipinski definition) is 3. The van der Waals surface area contributed by atoms with Crippen molar-refractivity contribution in [2.45, 2.75) is 50.4 Å². The van der Waals surface area contributed by atoms with Gasteiger partial charge in [-0.05, 0) is 80.0 Å². The van der Waals surface area contributed by atoms with Crippen LogP contribution in [0.2, 0.25) is 5.02 Å². The van der Waals surface area contributed by atoms with Crippen LogP contribution in [0.25, 0.3) is 0 Å². The van der Waals surface area contributed by atoms with Crippen molar-refractivity contribution in [2.24, 2.45) is 5.41 Å². The van der Waals surface area contributed by atoms with E-state index in [0.29, 0.717) is 11.5 Å². The average Bonchev–Trinajstić information content (AvgIpc) is 3.22. The number of carbonyl (C=O) groups is 1.